The molecule has 0 amide bonds. The molecule has 134 valence electrons. The molecule has 0 aliphatic rings. The van der Waals surface area contributed by atoms with Gasteiger partial charge in [0.15, 0.2) is 0 Å². The zero-order valence-corrected chi connectivity index (χ0v) is 16.2. The van der Waals surface area contributed by atoms with Gasteiger partial charge < -0.3 is 0 Å². The summed E-state index contributed by atoms with van der Waals surface area (Å²) in [5, 5.41) is 19.3. The van der Waals surface area contributed by atoms with Crippen LogP contribution in [0.1, 0.15) is 63.5 Å². The molecular weight excluding hydrogens is 316 g/mol. The quantitative estimate of drug-likeness (QED) is 0.580. The third-order valence-electron chi connectivity index (χ3n) is 5.21. The smallest absolute Gasteiger partial charge is 0.0690 e. The van der Waals surface area contributed by atoms with Crippen LogP contribution in [0, 0.1) is 33.5 Å². The van der Waals surface area contributed by atoms with Crippen LogP contribution in [0.15, 0.2) is 60.7 Å². The topological polar surface area (TPSA) is 47.6 Å². The molecule has 2 heteroatoms. The molecule has 0 bridgehead atoms. The molecule has 2 rings (SSSR count). The first-order valence-corrected chi connectivity index (χ1v) is 9.21. The highest BCUT2D eigenvalue weighted by Gasteiger charge is 2.35. The van der Waals surface area contributed by atoms with Gasteiger partial charge in [-0.05, 0) is 57.6 Å². The van der Waals surface area contributed by atoms with E-state index in [1.54, 1.807) is 0 Å². The van der Waals surface area contributed by atoms with E-state index in [9.17, 15) is 10.5 Å². The largest absolute Gasteiger partial charge is 0.198 e. The van der Waals surface area contributed by atoms with Gasteiger partial charge in [0.1, 0.15) is 0 Å². The standard InChI is InChI=1S/C24H28N2/c1-23(2,17-25)16-21(19-11-7-5-8-12-19)15-22(24(3,4)18-26)20-13-9-6-10-14-20/h5-14,21-22H,15-16H2,1-4H3/t21-,22+/m1/s1. The van der Waals surface area contributed by atoms with Crippen molar-refractivity contribution in [3.63, 3.8) is 0 Å². The van der Waals surface area contributed by atoms with Crippen LogP contribution in [0.4, 0.5) is 0 Å². The molecule has 2 nitrogen and oxygen atoms in total. The predicted octanol–water partition coefficient (Wildman–Crippen LogP) is 6.43. The van der Waals surface area contributed by atoms with Gasteiger partial charge in [-0.2, -0.15) is 10.5 Å². The van der Waals surface area contributed by atoms with Crippen LogP contribution in [-0.2, 0) is 0 Å². The number of benzene rings is 2. The second kappa shape index (κ2) is 8.20. The lowest BCUT2D eigenvalue weighted by Crippen LogP contribution is -2.24. The average molecular weight is 345 g/mol. The summed E-state index contributed by atoms with van der Waals surface area (Å²) < 4.78 is 0. The predicted molar refractivity (Wildman–Crippen MR) is 106 cm³/mol. The highest BCUT2D eigenvalue weighted by Crippen LogP contribution is 2.45. The van der Waals surface area contributed by atoms with Crippen molar-refractivity contribution >= 4 is 0 Å². The molecule has 26 heavy (non-hydrogen) atoms. The normalized spacial score (nSPS) is 14.1. The molecule has 0 aliphatic carbocycles. The molecule has 0 saturated carbocycles. The van der Waals surface area contributed by atoms with Crippen LogP contribution in [-0.4, -0.2) is 0 Å². The summed E-state index contributed by atoms with van der Waals surface area (Å²) >= 11 is 0. The molecule has 0 fully saturated rings. The number of hydrogen-bond donors (Lipinski definition) is 0. The minimum atomic E-state index is -0.481. The van der Waals surface area contributed by atoms with Crippen molar-refractivity contribution in [2.45, 2.75) is 52.4 Å². The van der Waals surface area contributed by atoms with Crippen molar-refractivity contribution < 1.29 is 0 Å². The second-order valence-corrected chi connectivity index (χ2v) is 8.34. The molecule has 2 atom stereocenters. The van der Waals surface area contributed by atoms with Crippen LogP contribution in [0.25, 0.3) is 0 Å². The summed E-state index contributed by atoms with van der Waals surface area (Å²) in [5.41, 5.74) is 1.55. The Morgan fingerprint density at radius 2 is 1.27 bits per heavy atom. The molecule has 0 unspecified atom stereocenters. The van der Waals surface area contributed by atoms with E-state index in [1.165, 1.54) is 11.1 Å². The van der Waals surface area contributed by atoms with Crippen LogP contribution >= 0.6 is 0 Å². The van der Waals surface area contributed by atoms with Gasteiger partial charge >= 0.3 is 0 Å². The monoisotopic (exact) mass is 344 g/mol. The minimum absolute atomic E-state index is 0.105. The highest BCUT2D eigenvalue weighted by atomic mass is 14.4. The lowest BCUT2D eigenvalue weighted by Gasteiger charge is -2.34. The molecule has 0 aromatic heterocycles. The molecule has 0 spiro atoms. The van der Waals surface area contributed by atoms with Crippen molar-refractivity contribution in [2.75, 3.05) is 0 Å². The van der Waals surface area contributed by atoms with E-state index < -0.39 is 10.8 Å². The van der Waals surface area contributed by atoms with E-state index in [0.717, 1.165) is 12.8 Å². The van der Waals surface area contributed by atoms with Crippen molar-refractivity contribution in [2.24, 2.45) is 10.8 Å². The fraction of sp³-hybridized carbons (Fsp3) is 0.417. The summed E-state index contributed by atoms with van der Waals surface area (Å²) in [7, 11) is 0. The highest BCUT2D eigenvalue weighted by molar-refractivity contribution is 5.28. The number of nitrogens with zero attached hydrogens (tertiary/aromatic N) is 2. The summed E-state index contributed by atoms with van der Waals surface area (Å²) in [4.78, 5) is 0. The van der Waals surface area contributed by atoms with Gasteiger partial charge in [0, 0.05) is 5.92 Å². The maximum atomic E-state index is 9.79. The van der Waals surface area contributed by atoms with E-state index in [2.05, 4.69) is 48.5 Å². The van der Waals surface area contributed by atoms with E-state index in [1.807, 2.05) is 52.0 Å². The van der Waals surface area contributed by atoms with Crippen LogP contribution in [0.3, 0.4) is 0 Å². The summed E-state index contributed by atoms with van der Waals surface area (Å²) in [6.45, 7) is 8.02. The van der Waals surface area contributed by atoms with Gasteiger partial charge in [0.2, 0.25) is 0 Å². The first-order chi connectivity index (χ1) is 12.3. The van der Waals surface area contributed by atoms with Crippen molar-refractivity contribution in [3.8, 4) is 12.1 Å². The minimum Gasteiger partial charge on any atom is -0.198 e. The molecule has 0 radical (unpaired) electrons. The number of nitriles is 2. The molecule has 2 aromatic rings. The fourth-order valence-electron chi connectivity index (χ4n) is 3.62. The van der Waals surface area contributed by atoms with Crippen LogP contribution in [0.2, 0.25) is 0 Å². The van der Waals surface area contributed by atoms with Gasteiger partial charge in [-0.1, -0.05) is 60.7 Å². The van der Waals surface area contributed by atoms with Crippen molar-refractivity contribution in [1.82, 2.24) is 0 Å². The molecule has 2 aromatic carbocycles. The third-order valence-corrected chi connectivity index (χ3v) is 5.21. The summed E-state index contributed by atoms with van der Waals surface area (Å²) in [6, 6.07) is 25.6. The van der Waals surface area contributed by atoms with Gasteiger partial charge in [0.25, 0.3) is 0 Å². The van der Waals surface area contributed by atoms with E-state index in [-0.39, 0.29) is 11.8 Å². The Hall–Kier alpha value is -2.58. The summed E-state index contributed by atoms with van der Waals surface area (Å²) in [6.07, 6.45) is 1.62. The van der Waals surface area contributed by atoms with Crippen LogP contribution in [0.5, 0.6) is 0 Å². The Balaban J connectivity index is 2.43. The number of hydrogen-bond acceptors (Lipinski definition) is 2. The lowest BCUT2D eigenvalue weighted by atomic mass is 9.68. The van der Waals surface area contributed by atoms with E-state index in [0.29, 0.717) is 0 Å². The Morgan fingerprint density at radius 1 is 0.769 bits per heavy atom. The average Bonchev–Trinajstić information content (AvgIpc) is 2.66. The van der Waals surface area contributed by atoms with Gasteiger partial charge in [-0.3, -0.25) is 0 Å². The lowest BCUT2D eigenvalue weighted by molar-refractivity contribution is 0.305. The zero-order chi connectivity index (χ0) is 19.2. The molecule has 0 heterocycles. The first kappa shape index (κ1) is 19.7. The Bertz CT molecular complexity index is 776. The Morgan fingerprint density at radius 3 is 1.73 bits per heavy atom. The van der Waals surface area contributed by atoms with Crippen molar-refractivity contribution in [1.29, 1.82) is 10.5 Å². The van der Waals surface area contributed by atoms with Crippen LogP contribution < -0.4 is 0 Å². The molecular formula is C24H28N2. The van der Waals surface area contributed by atoms with Gasteiger partial charge in [0.05, 0.1) is 23.0 Å². The number of rotatable bonds is 7. The third kappa shape index (κ3) is 4.96. The summed E-state index contributed by atoms with van der Waals surface area (Å²) in [5.74, 6) is 0.331. The van der Waals surface area contributed by atoms with E-state index >= 15 is 0 Å². The maximum Gasteiger partial charge on any atom is 0.0690 e. The maximum absolute atomic E-state index is 9.79. The fourth-order valence-corrected chi connectivity index (χ4v) is 3.62. The molecule has 0 aliphatic heterocycles. The van der Waals surface area contributed by atoms with Crippen molar-refractivity contribution in [3.05, 3.63) is 71.8 Å². The zero-order valence-electron chi connectivity index (χ0n) is 16.2. The SMILES string of the molecule is CC(C)(C#N)C[C@@H](C[C@@H](c1ccccc1)C(C)(C)C#N)c1ccccc1. The first-order valence-electron chi connectivity index (χ1n) is 9.21. The Kier molecular flexibility index (Phi) is 6.23. The Labute approximate surface area is 158 Å². The van der Waals surface area contributed by atoms with Gasteiger partial charge in [-0.15, -0.1) is 0 Å². The molecule has 0 saturated heterocycles. The van der Waals surface area contributed by atoms with E-state index in [4.69, 9.17) is 0 Å². The molecule has 0 N–H and O–H groups in total. The van der Waals surface area contributed by atoms with Gasteiger partial charge in [-0.25, -0.2) is 0 Å². The second-order valence-electron chi connectivity index (χ2n) is 8.34.